The number of aryl methyl sites for hydroxylation is 1. The number of azide groups is 1. The average molecular weight is 305 g/mol. The summed E-state index contributed by atoms with van der Waals surface area (Å²) in [6, 6.07) is 0.122. The number of nitrogens with two attached hydrogens (primary N) is 1. The molecule has 0 saturated carbocycles. The minimum atomic E-state index is 0.0986. The van der Waals surface area contributed by atoms with Crippen LogP contribution in [0, 0.1) is 0 Å². The van der Waals surface area contributed by atoms with E-state index in [-0.39, 0.29) is 18.6 Å². The molecule has 22 heavy (non-hydrogen) atoms. The molecule has 10 heteroatoms. The maximum atomic E-state index is 12.2. The maximum Gasteiger partial charge on any atom is 0.223 e. The van der Waals surface area contributed by atoms with Crippen molar-refractivity contribution in [2.24, 2.45) is 21.3 Å². The van der Waals surface area contributed by atoms with Gasteiger partial charge in [-0.15, -0.1) is 0 Å². The molecule has 2 N–H and O–H groups in total. The Labute approximate surface area is 127 Å². The second-order valence-corrected chi connectivity index (χ2v) is 5.03. The van der Waals surface area contributed by atoms with Gasteiger partial charge in [0.25, 0.3) is 0 Å². The normalized spacial score (nSPS) is 15.9. The largest absolute Gasteiger partial charge is 0.343 e. The van der Waals surface area contributed by atoms with Crippen LogP contribution in [0.4, 0.5) is 0 Å². The number of imidazole rings is 1. The molecule has 1 aliphatic rings. The van der Waals surface area contributed by atoms with Gasteiger partial charge < -0.3 is 15.3 Å². The number of rotatable bonds is 6. The topological polar surface area (TPSA) is 138 Å². The van der Waals surface area contributed by atoms with Gasteiger partial charge in [-0.25, -0.2) is 4.98 Å². The fourth-order valence-corrected chi connectivity index (χ4v) is 2.50. The van der Waals surface area contributed by atoms with Gasteiger partial charge in [0.2, 0.25) is 5.91 Å². The lowest BCUT2D eigenvalue weighted by atomic mass is 10.1. The minimum Gasteiger partial charge on any atom is -0.343 e. The first kappa shape index (κ1) is 15.8. The Morgan fingerprint density at radius 1 is 1.50 bits per heavy atom. The van der Waals surface area contributed by atoms with Crippen LogP contribution in [0.2, 0.25) is 0 Å². The number of carbonyl (C=O) groups excluding carboxylic acids is 1. The Hall–Kier alpha value is -2.61. The molecule has 1 aliphatic heterocycles. The Bertz CT molecular complexity index is 567. The number of carbonyl (C=O) groups is 1. The Balaban J connectivity index is 1.81. The van der Waals surface area contributed by atoms with Gasteiger partial charge in [0, 0.05) is 43.2 Å². The summed E-state index contributed by atoms with van der Waals surface area (Å²) in [4.78, 5) is 21.0. The number of hydrogen-bond acceptors (Lipinski definition) is 5. The second-order valence-electron chi connectivity index (χ2n) is 5.03. The zero-order chi connectivity index (χ0) is 15.8. The summed E-state index contributed by atoms with van der Waals surface area (Å²) in [7, 11) is 0. The van der Waals surface area contributed by atoms with Gasteiger partial charge in [0.1, 0.15) is 12.5 Å². The molecule has 1 fully saturated rings. The van der Waals surface area contributed by atoms with Crippen molar-refractivity contribution < 1.29 is 4.79 Å². The van der Waals surface area contributed by atoms with E-state index in [1.807, 2.05) is 4.90 Å². The molecule has 2 heterocycles. The van der Waals surface area contributed by atoms with Gasteiger partial charge in [0.15, 0.2) is 0 Å². The van der Waals surface area contributed by atoms with Crippen molar-refractivity contribution in [2.75, 3.05) is 13.1 Å². The minimum absolute atomic E-state index is 0.0986. The van der Waals surface area contributed by atoms with Crippen LogP contribution in [0.3, 0.4) is 0 Å². The second kappa shape index (κ2) is 7.99. The van der Waals surface area contributed by atoms with Gasteiger partial charge in [-0.1, -0.05) is 10.3 Å². The molecule has 2 rings (SSSR count). The molecule has 1 amide bonds. The molecule has 118 valence electrons. The zero-order valence-electron chi connectivity index (χ0n) is 12.2. The number of hydrogen-bond donors (Lipinski definition) is 1. The van der Waals surface area contributed by atoms with Gasteiger partial charge in [-0.3, -0.25) is 4.79 Å². The van der Waals surface area contributed by atoms with E-state index in [1.165, 1.54) is 0 Å². The van der Waals surface area contributed by atoms with E-state index >= 15 is 0 Å². The number of likely N-dealkylation sites (tertiary alicyclic amines) is 1. The summed E-state index contributed by atoms with van der Waals surface area (Å²) in [6.07, 6.45) is 5.86. The van der Waals surface area contributed by atoms with E-state index in [4.69, 9.17) is 11.4 Å². The molecular weight excluding hydrogens is 286 g/mol. The molecule has 0 spiro atoms. The van der Waals surface area contributed by atoms with E-state index in [2.05, 4.69) is 25.3 Å². The van der Waals surface area contributed by atoms with Crippen LogP contribution in [-0.4, -0.2) is 39.5 Å². The number of aromatic nitrogens is 2. The van der Waals surface area contributed by atoms with Gasteiger partial charge >= 0.3 is 0 Å². The van der Waals surface area contributed by atoms with Crippen molar-refractivity contribution in [2.45, 2.75) is 38.4 Å². The van der Waals surface area contributed by atoms with E-state index in [1.54, 1.807) is 17.0 Å². The van der Waals surface area contributed by atoms with Crippen LogP contribution >= 0.6 is 0 Å². The average Bonchev–Trinajstić information content (AvgIpc) is 2.99. The molecule has 1 aromatic rings. The summed E-state index contributed by atoms with van der Waals surface area (Å²) >= 11 is 0. The quantitative estimate of drug-likeness (QED) is 0.279. The zero-order valence-corrected chi connectivity index (χ0v) is 12.2. The molecule has 10 nitrogen and oxygen atoms in total. The highest BCUT2D eigenvalue weighted by Crippen LogP contribution is 2.15. The third-order valence-electron chi connectivity index (χ3n) is 3.69. The Kier molecular flexibility index (Phi) is 5.73. The maximum absolute atomic E-state index is 12.2. The van der Waals surface area contributed by atoms with Crippen LogP contribution in [0.5, 0.6) is 0 Å². The number of piperidine rings is 1. The number of nitrogens with zero attached hydrogens (tertiary/aromatic N) is 8. The molecule has 0 aromatic carbocycles. The fourth-order valence-electron chi connectivity index (χ4n) is 2.50. The van der Waals surface area contributed by atoms with E-state index in [0.29, 0.717) is 25.9 Å². The lowest BCUT2D eigenvalue weighted by Gasteiger charge is -2.29. The molecule has 0 atom stereocenters. The standard InChI is InChI=1S/C12H19N9O/c13-18-16-9-21-8-5-15-11(21)1-2-12(22)20-6-3-10(4-7-20)17-19-14/h5,8,10H,1-4,6-7,9H2,(H2,14,17). The van der Waals surface area contributed by atoms with Crippen LogP contribution in [0.1, 0.15) is 25.1 Å². The summed E-state index contributed by atoms with van der Waals surface area (Å²) in [5.41, 5.74) is 8.35. The van der Waals surface area contributed by atoms with Crippen LogP contribution in [0.25, 0.3) is 10.4 Å². The molecular formula is C12H19N9O. The smallest absolute Gasteiger partial charge is 0.223 e. The number of amides is 1. The van der Waals surface area contributed by atoms with Gasteiger partial charge in [-0.2, -0.15) is 5.11 Å². The fraction of sp³-hybridized carbons (Fsp3) is 0.667. The predicted molar refractivity (Wildman–Crippen MR) is 78.3 cm³/mol. The van der Waals surface area contributed by atoms with Crippen molar-refractivity contribution in [3.63, 3.8) is 0 Å². The molecule has 0 aliphatic carbocycles. The first-order chi connectivity index (χ1) is 10.7. The lowest BCUT2D eigenvalue weighted by molar-refractivity contribution is -0.132. The highest BCUT2D eigenvalue weighted by Gasteiger charge is 2.22. The highest BCUT2D eigenvalue weighted by molar-refractivity contribution is 5.76. The van der Waals surface area contributed by atoms with Crippen LogP contribution in [-0.2, 0) is 17.9 Å². The van der Waals surface area contributed by atoms with Crippen LogP contribution in [0.15, 0.2) is 27.8 Å². The van der Waals surface area contributed by atoms with Gasteiger partial charge in [-0.05, 0) is 18.4 Å². The van der Waals surface area contributed by atoms with Crippen molar-refractivity contribution in [3.05, 3.63) is 28.7 Å². The third-order valence-corrected chi connectivity index (χ3v) is 3.69. The van der Waals surface area contributed by atoms with Crippen molar-refractivity contribution in [1.82, 2.24) is 14.5 Å². The SMILES string of the molecule is [N-]=[N+]=NCn1ccnc1CCC(=O)N1CCC(N=NN)CC1. The van der Waals surface area contributed by atoms with Gasteiger partial charge in [0.05, 0.1) is 6.04 Å². The highest BCUT2D eigenvalue weighted by atomic mass is 16.2. The molecule has 0 bridgehead atoms. The summed E-state index contributed by atoms with van der Waals surface area (Å²) < 4.78 is 1.74. The predicted octanol–water partition coefficient (Wildman–Crippen LogP) is 1.40. The molecule has 0 radical (unpaired) electrons. The first-order valence-electron chi connectivity index (χ1n) is 7.13. The summed E-state index contributed by atoms with van der Waals surface area (Å²) in [5, 5.41) is 10.7. The molecule has 0 unspecified atom stereocenters. The monoisotopic (exact) mass is 305 g/mol. The Morgan fingerprint density at radius 2 is 2.27 bits per heavy atom. The van der Waals surface area contributed by atoms with E-state index < -0.39 is 0 Å². The van der Waals surface area contributed by atoms with Crippen molar-refractivity contribution in [1.29, 1.82) is 0 Å². The van der Waals surface area contributed by atoms with Crippen molar-refractivity contribution in [3.8, 4) is 0 Å². The Morgan fingerprint density at radius 3 is 2.95 bits per heavy atom. The van der Waals surface area contributed by atoms with E-state index in [9.17, 15) is 4.79 Å². The van der Waals surface area contributed by atoms with Crippen molar-refractivity contribution >= 4 is 5.91 Å². The summed E-state index contributed by atoms with van der Waals surface area (Å²) in [6.45, 7) is 1.54. The molecule has 1 saturated heterocycles. The molecule has 1 aromatic heterocycles. The lowest BCUT2D eigenvalue weighted by Crippen LogP contribution is -2.39. The first-order valence-corrected chi connectivity index (χ1v) is 7.13. The summed E-state index contributed by atoms with van der Waals surface area (Å²) in [5.74, 6) is 5.88. The third kappa shape index (κ3) is 4.19. The van der Waals surface area contributed by atoms with Crippen LogP contribution < -0.4 is 5.84 Å². The van der Waals surface area contributed by atoms with E-state index in [0.717, 1.165) is 18.7 Å².